The number of alkyl halides is 8. The molecule has 1 unspecified atom stereocenters. The Kier molecular flexibility index (Phi) is 11.9. The molecule has 4 atom stereocenters. The molecule has 354 valence electrons. The minimum atomic E-state index is -5.36. The van der Waals surface area contributed by atoms with Crippen LogP contribution in [0.2, 0.25) is 5.02 Å². The van der Waals surface area contributed by atoms with Gasteiger partial charge in [0.1, 0.15) is 40.4 Å². The lowest BCUT2D eigenvalue weighted by Crippen LogP contribution is -2.37. The van der Waals surface area contributed by atoms with Crippen molar-refractivity contribution in [3.63, 3.8) is 0 Å². The topological polar surface area (TPSA) is 163 Å². The molecule has 0 saturated heterocycles. The fraction of sp³-hybridized carbons (Fsp3) is 0.415. The maximum atomic E-state index is 16.2. The Balaban J connectivity index is 1.63. The van der Waals surface area contributed by atoms with Crippen molar-refractivity contribution < 1.29 is 65.5 Å². The highest BCUT2D eigenvalue weighted by molar-refractivity contribution is 7.92. The highest BCUT2D eigenvalue weighted by Crippen LogP contribution is 2.69. The van der Waals surface area contributed by atoms with E-state index >= 15 is 8.78 Å². The average molecular weight is 996 g/mol. The Labute approximate surface area is 375 Å². The molecular formula is C41H36ClF10N7O5S2. The molecule has 1 fully saturated rings. The number of carbonyl (C=O) groups excluding carboxylic acids is 1. The third-order valence-corrected chi connectivity index (χ3v) is 15.0. The molecule has 12 nitrogen and oxygen atoms in total. The Bertz CT molecular complexity index is 3100. The summed E-state index contributed by atoms with van der Waals surface area (Å²) in [6.45, 7) is 1.58. The normalized spacial score (nSPS) is 18.1. The molecule has 1 saturated carbocycles. The van der Waals surface area contributed by atoms with Gasteiger partial charge in [-0.2, -0.15) is 45.3 Å². The van der Waals surface area contributed by atoms with Crippen molar-refractivity contribution in [2.24, 2.45) is 11.7 Å². The number of pyridine rings is 1. The van der Waals surface area contributed by atoms with Crippen molar-refractivity contribution in [2.45, 2.75) is 81.1 Å². The van der Waals surface area contributed by atoms with E-state index in [1.165, 1.54) is 20.8 Å². The van der Waals surface area contributed by atoms with Crippen LogP contribution in [-0.4, -0.2) is 77.3 Å². The van der Waals surface area contributed by atoms with Gasteiger partial charge in [0, 0.05) is 47.4 Å². The number of sulfone groups is 1. The van der Waals surface area contributed by atoms with E-state index < -0.39 is 131 Å². The molecule has 0 bridgehead atoms. The predicted octanol–water partition coefficient (Wildman–Crippen LogP) is 8.03. The van der Waals surface area contributed by atoms with Crippen molar-refractivity contribution in [1.29, 1.82) is 0 Å². The molecule has 5 aromatic rings. The molecule has 0 spiro atoms. The van der Waals surface area contributed by atoms with Crippen LogP contribution >= 0.6 is 11.6 Å². The number of fused-ring (bicyclic) bond motifs is 4. The molecule has 2 aliphatic rings. The minimum Gasteiger partial charge on any atom is -0.368 e. The van der Waals surface area contributed by atoms with Crippen LogP contribution in [0.25, 0.3) is 22.0 Å². The van der Waals surface area contributed by atoms with E-state index in [1.807, 2.05) is 0 Å². The number of sulfonamides is 1. The zero-order valence-electron chi connectivity index (χ0n) is 35.0. The van der Waals surface area contributed by atoms with Crippen molar-refractivity contribution in [3.8, 4) is 23.0 Å². The first kappa shape index (κ1) is 48.5. The van der Waals surface area contributed by atoms with Gasteiger partial charge in [0.15, 0.2) is 21.3 Å². The number of amides is 1. The van der Waals surface area contributed by atoms with Crippen LogP contribution in [0.15, 0.2) is 42.5 Å². The highest BCUT2D eigenvalue weighted by atomic mass is 35.5. The third kappa shape index (κ3) is 8.80. The largest absolute Gasteiger partial charge is 0.435 e. The van der Waals surface area contributed by atoms with Crippen LogP contribution in [0.1, 0.15) is 79.0 Å². The van der Waals surface area contributed by atoms with Crippen molar-refractivity contribution in [1.82, 2.24) is 24.5 Å². The first-order valence-electron chi connectivity index (χ1n) is 19.6. The number of nitrogens with two attached hydrogens (primary N) is 1. The summed E-state index contributed by atoms with van der Waals surface area (Å²) in [5.74, 6) is -8.51. The average Bonchev–Trinajstić information content (AvgIpc) is 3.66. The predicted molar refractivity (Wildman–Crippen MR) is 221 cm³/mol. The molecule has 2 aromatic carbocycles. The van der Waals surface area contributed by atoms with Crippen LogP contribution in [0.4, 0.5) is 49.7 Å². The number of rotatable bonds is 12. The van der Waals surface area contributed by atoms with Crippen LogP contribution < -0.4 is 10.0 Å². The van der Waals surface area contributed by atoms with E-state index in [2.05, 4.69) is 27.0 Å². The third-order valence-electron chi connectivity index (χ3n) is 11.5. The molecule has 0 aliphatic heterocycles. The second-order valence-corrected chi connectivity index (χ2v) is 21.4. The van der Waals surface area contributed by atoms with E-state index in [4.69, 9.17) is 17.3 Å². The van der Waals surface area contributed by atoms with Crippen molar-refractivity contribution in [2.75, 3.05) is 23.4 Å². The first-order valence-corrected chi connectivity index (χ1v) is 23.7. The number of anilines is 1. The van der Waals surface area contributed by atoms with Gasteiger partial charge in [0.25, 0.3) is 5.92 Å². The smallest absolute Gasteiger partial charge is 0.368 e. The summed E-state index contributed by atoms with van der Waals surface area (Å²) in [5, 5.41) is 6.86. The Morgan fingerprint density at radius 1 is 0.985 bits per heavy atom. The molecule has 2 N–H and O–H groups in total. The zero-order chi connectivity index (χ0) is 49.0. The SMILES string of the molecule is CCN(c1nn(CC(F)(F)F)c2c(-c3ccc(C#CC(C)(C)S(C)(=O)=O)nc3[C@@H](Cc3cc(F)cc(F)c3)C(C(N)=O)n3nc(C(F)(F)F)c4c3C(F)(F)[C@@H]3C[C@H]43)ccc(Cl)c12)S(C)(=O)=O. The second-order valence-electron chi connectivity index (χ2n) is 16.6. The molecule has 3 aromatic heterocycles. The number of nitrogens with zero attached hydrogens (tertiary/aromatic N) is 6. The summed E-state index contributed by atoms with van der Waals surface area (Å²) in [6.07, 6.45) is -10.0. The number of aromatic nitrogens is 5. The van der Waals surface area contributed by atoms with Gasteiger partial charge in [-0.1, -0.05) is 23.6 Å². The van der Waals surface area contributed by atoms with Gasteiger partial charge in [0.05, 0.1) is 27.9 Å². The summed E-state index contributed by atoms with van der Waals surface area (Å²) in [7, 11) is -8.20. The Hall–Kier alpha value is -5.41. The Morgan fingerprint density at radius 3 is 2.15 bits per heavy atom. The standard InChI is InChI=1S/C41H36ClF10N7O5S2/c1-6-58(66(5,63)64)37-30-28(42)10-9-24(32(30)57(56-37)18-39(45,46)47)23-8-7-22(11-12-38(2,3)65(4,61)62)54-31(23)26(15-19-13-20(43)16-21(44)14-19)33(36(53)60)59-35-29(34(55-59)41(50,51)52)25-17-27(25)40(35,48)49/h7-10,13-14,16,25-27,33H,6,15,17-18H2,1-5H3,(H2,53,60)/t25-,26+,27+,33?/m0/s1. The van der Waals surface area contributed by atoms with E-state index in [0.717, 1.165) is 48.9 Å². The summed E-state index contributed by atoms with van der Waals surface area (Å²) >= 11 is 6.60. The van der Waals surface area contributed by atoms with Gasteiger partial charge < -0.3 is 5.73 Å². The molecular weight excluding hydrogens is 960 g/mol. The van der Waals surface area contributed by atoms with Gasteiger partial charge in [-0.15, -0.1) is 0 Å². The number of hydrogen-bond acceptors (Lipinski definition) is 8. The monoisotopic (exact) mass is 995 g/mol. The molecule has 25 heteroatoms. The van der Waals surface area contributed by atoms with Crippen LogP contribution in [0.3, 0.4) is 0 Å². The van der Waals surface area contributed by atoms with Gasteiger partial charge in [-0.3, -0.25) is 13.8 Å². The van der Waals surface area contributed by atoms with Crippen LogP contribution in [0.5, 0.6) is 0 Å². The second kappa shape index (κ2) is 16.1. The van der Waals surface area contributed by atoms with Gasteiger partial charge in [-0.25, -0.2) is 35.3 Å². The lowest BCUT2D eigenvalue weighted by molar-refractivity contribution is -0.143. The van der Waals surface area contributed by atoms with Crippen LogP contribution in [0, 0.1) is 29.4 Å². The molecule has 1 amide bonds. The zero-order valence-corrected chi connectivity index (χ0v) is 37.3. The summed E-state index contributed by atoms with van der Waals surface area (Å²) in [5.41, 5.74) is -0.500. The van der Waals surface area contributed by atoms with Gasteiger partial charge >= 0.3 is 12.4 Å². The summed E-state index contributed by atoms with van der Waals surface area (Å²) < 4.78 is 200. The molecule has 66 heavy (non-hydrogen) atoms. The number of halogens is 11. The van der Waals surface area contributed by atoms with E-state index in [1.54, 1.807) is 0 Å². The Morgan fingerprint density at radius 2 is 1.61 bits per heavy atom. The lowest BCUT2D eigenvalue weighted by Gasteiger charge is -2.29. The molecule has 3 heterocycles. The van der Waals surface area contributed by atoms with Crippen LogP contribution in [-0.2, 0) is 49.7 Å². The minimum absolute atomic E-state index is 0.109. The number of hydrogen-bond donors (Lipinski definition) is 1. The number of primary amides is 1. The van der Waals surface area contributed by atoms with E-state index in [9.17, 15) is 56.8 Å². The van der Waals surface area contributed by atoms with Crippen molar-refractivity contribution in [3.05, 3.63) is 93.0 Å². The molecule has 7 rings (SSSR count). The quantitative estimate of drug-likeness (QED) is 0.0971. The fourth-order valence-corrected chi connectivity index (χ4v) is 9.69. The maximum absolute atomic E-state index is 16.2. The van der Waals surface area contributed by atoms with Gasteiger partial charge in [0.2, 0.25) is 15.9 Å². The first-order chi connectivity index (χ1) is 30.3. The molecule has 0 radical (unpaired) electrons. The number of carbonyl (C=O) groups is 1. The molecule has 2 aliphatic carbocycles. The summed E-state index contributed by atoms with van der Waals surface area (Å²) in [6, 6.07) is 4.04. The summed E-state index contributed by atoms with van der Waals surface area (Å²) in [4.78, 5) is 18.5. The fourth-order valence-electron chi connectivity index (χ4n) is 8.30. The van der Waals surface area contributed by atoms with Crippen molar-refractivity contribution >= 4 is 54.1 Å². The van der Waals surface area contributed by atoms with E-state index in [0.29, 0.717) is 15.1 Å². The van der Waals surface area contributed by atoms with Gasteiger partial charge in [-0.05, 0) is 81.3 Å². The number of benzene rings is 2. The highest BCUT2D eigenvalue weighted by Gasteiger charge is 2.69. The lowest BCUT2D eigenvalue weighted by atomic mass is 9.84. The van der Waals surface area contributed by atoms with E-state index in [-0.39, 0.29) is 50.4 Å². The maximum Gasteiger partial charge on any atom is 0.435 e.